The molecule has 0 spiro atoms. The number of nitrogens with zero attached hydrogens (tertiary/aromatic N) is 1. The van der Waals surface area contributed by atoms with Gasteiger partial charge in [0, 0.05) is 25.6 Å². The molecule has 4 rings (SSSR count). The zero-order chi connectivity index (χ0) is 27.4. The van der Waals surface area contributed by atoms with Gasteiger partial charge in [-0.15, -0.1) is 0 Å². The Hall–Kier alpha value is -2.75. The number of carbonyl (C=O) groups is 1. The number of rotatable bonds is 8. The van der Waals surface area contributed by atoms with Crippen LogP contribution in [0.3, 0.4) is 0 Å². The Kier molecular flexibility index (Phi) is 9.15. The number of carboxylic acid groups (broad SMARTS) is 1. The maximum atomic E-state index is 13.3. The average molecular weight is 532 g/mol. The number of likely N-dealkylation sites (tertiary alicyclic amines) is 1. The second-order valence-electron chi connectivity index (χ2n) is 9.80. The molecule has 1 N–H and O–H groups in total. The topological polar surface area (TPSA) is 49.8 Å². The fourth-order valence-corrected chi connectivity index (χ4v) is 3.95. The number of benzene rings is 2. The van der Waals surface area contributed by atoms with Gasteiger partial charge in [-0.3, -0.25) is 9.69 Å². The van der Waals surface area contributed by atoms with Crippen molar-refractivity contribution < 1.29 is 41.0 Å². The Labute approximate surface area is 212 Å². The van der Waals surface area contributed by atoms with Crippen LogP contribution in [0, 0.1) is 11.8 Å². The third kappa shape index (κ3) is 8.66. The van der Waals surface area contributed by atoms with Crippen LogP contribution in [0.1, 0.15) is 55.4 Å². The molecule has 2 aromatic carbocycles. The molecule has 2 aliphatic rings. The highest BCUT2D eigenvalue weighted by Gasteiger charge is 2.39. The summed E-state index contributed by atoms with van der Waals surface area (Å²) in [4.78, 5) is 12.7. The van der Waals surface area contributed by atoms with Gasteiger partial charge >= 0.3 is 18.3 Å². The summed E-state index contributed by atoms with van der Waals surface area (Å²) in [5, 5.41) is 9.06. The van der Waals surface area contributed by atoms with Gasteiger partial charge in [-0.2, -0.15) is 26.3 Å². The molecule has 37 heavy (non-hydrogen) atoms. The molecule has 204 valence electrons. The van der Waals surface area contributed by atoms with Crippen molar-refractivity contribution in [2.75, 3.05) is 13.1 Å². The van der Waals surface area contributed by atoms with Crippen LogP contribution in [0.4, 0.5) is 26.3 Å². The van der Waals surface area contributed by atoms with Crippen molar-refractivity contribution in [2.45, 2.75) is 64.5 Å². The largest absolute Gasteiger partial charge is 0.490 e. The van der Waals surface area contributed by atoms with Crippen molar-refractivity contribution in [1.82, 2.24) is 4.90 Å². The lowest BCUT2D eigenvalue weighted by Crippen LogP contribution is -2.52. The highest BCUT2D eigenvalue weighted by atomic mass is 19.4. The van der Waals surface area contributed by atoms with Gasteiger partial charge in [0.1, 0.15) is 11.9 Å². The Morgan fingerprint density at radius 3 is 2.19 bits per heavy atom. The fourth-order valence-electron chi connectivity index (χ4n) is 3.95. The van der Waals surface area contributed by atoms with Crippen molar-refractivity contribution in [2.24, 2.45) is 11.8 Å². The lowest BCUT2D eigenvalue weighted by molar-refractivity contribution is -0.142. The van der Waals surface area contributed by atoms with Crippen LogP contribution in [0.25, 0.3) is 0 Å². The van der Waals surface area contributed by atoms with E-state index in [4.69, 9.17) is 9.84 Å². The summed E-state index contributed by atoms with van der Waals surface area (Å²) in [6, 6.07) is 8.55. The van der Waals surface area contributed by atoms with Crippen molar-refractivity contribution in [1.29, 1.82) is 0 Å². The summed E-state index contributed by atoms with van der Waals surface area (Å²) in [5.41, 5.74) is -1.78. The summed E-state index contributed by atoms with van der Waals surface area (Å²) < 4.78 is 84.8. The molecule has 2 unspecified atom stereocenters. The number of ether oxygens (including phenoxy) is 1. The highest BCUT2D eigenvalue weighted by molar-refractivity contribution is 5.69. The monoisotopic (exact) mass is 531 g/mol. The number of carboxylic acids is 1. The van der Waals surface area contributed by atoms with E-state index in [1.54, 1.807) is 36.1 Å². The minimum absolute atomic E-state index is 0.0123. The maximum absolute atomic E-state index is 13.3. The van der Waals surface area contributed by atoms with Crippen molar-refractivity contribution in [3.05, 3.63) is 64.7 Å². The van der Waals surface area contributed by atoms with Gasteiger partial charge in [0.15, 0.2) is 0 Å². The van der Waals surface area contributed by atoms with Gasteiger partial charge in [-0.1, -0.05) is 38.3 Å². The van der Waals surface area contributed by atoms with Gasteiger partial charge < -0.3 is 9.84 Å². The molecule has 1 aliphatic heterocycles. The van der Waals surface area contributed by atoms with Crippen LogP contribution in [0.5, 0.6) is 5.75 Å². The molecule has 0 aromatic heterocycles. The molecule has 0 amide bonds. The van der Waals surface area contributed by atoms with E-state index < -0.39 is 40.9 Å². The molecule has 2 fully saturated rings. The van der Waals surface area contributed by atoms with E-state index in [2.05, 4.69) is 0 Å². The number of aliphatic carboxylic acids is 1. The third-order valence-electron chi connectivity index (χ3n) is 6.32. The number of halogens is 6. The first-order valence-electron chi connectivity index (χ1n) is 12.2. The lowest BCUT2D eigenvalue weighted by atomic mass is 9.92. The smallest absolute Gasteiger partial charge is 0.416 e. The first kappa shape index (κ1) is 28.8. The van der Waals surface area contributed by atoms with E-state index in [9.17, 15) is 31.1 Å². The summed E-state index contributed by atoms with van der Waals surface area (Å²) >= 11 is 0. The molecule has 0 radical (unpaired) electrons. The number of hydrogen-bond acceptors (Lipinski definition) is 3. The second kappa shape index (κ2) is 11.8. The Morgan fingerprint density at radius 1 is 1.00 bits per heavy atom. The molecule has 1 heterocycles. The first-order valence-corrected chi connectivity index (χ1v) is 12.2. The van der Waals surface area contributed by atoms with Crippen LogP contribution in [-0.4, -0.2) is 35.2 Å². The minimum atomic E-state index is -4.75. The Morgan fingerprint density at radius 2 is 1.65 bits per heavy atom. The Balaban J connectivity index is 0.00000118. The van der Waals surface area contributed by atoms with Crippen LogP contribution in [0.2, 0.25) is 0 Å². The quantitative estimate of drug-likeness (QED) is 0.371. The van der Waals surface area contributed by atoms with Crippen LogP contribution in [0.15, 0.2) is 42.5 Å². The summed E-state index contributed by atoms with van der Waals surface area (Å²) in [5.74, 6) is -0.908. The van der Waals surface area contributed by atoms with E-state index in [0.717, 1.165) is 5.56 Å². The lowest BCUT2D eigenvalue weighted by Gasteiger charge is -2.42. The third-order valence-corrected chi connectivity index (χ3v) is 6.32. The number of hydrogen-bond donors (Lipinski definition) is 1. The normalized spacial score (nSPS) is 17.7. The standard InChI is InChI=1S/C24H25F6NO3.C3H6/c1-14(22(32)33)8-16-4-3-5-20(9-16)34-15(2)18-12-31(13-18)11-17-10-19(23(25,26)27)6-7-21(17)24(28,29)30;1-2-3-1/h3-7,9-10,14-15,18H,8,11-13H2,1-2H3,(H,32,33);1-3H2. The maximum Gasteiger partial charge on any atom is 0.416 e. The Bertz CT molecular complexity index is 1060. The fraction of sp³-hybridized carbons (Fsp3) is 0.519. The predicted molar refractivity (Wildman–Crippen MR) is 126 cm³/mol. The molecular formula is C27H31F6NO3. The van der Waals surface area contributed by atoms with Gasteiger partial charge in [0.05, 0.1) is 17.0 Å². The van der Waals surface area contributed by atoms with Crippen molar-refractivity contribution in [3.8, 4) is 5.75 Å². The SMILES string of the molecule is C1CC1.CC(Cc1cccc(OC(C)C2CN(Cc3cc(C(F)(F)F)ccc3C(F)(F)F)C2)c1)C(=O)O. The zero-order valence-corrected chi connectivity index (χ0v) is 20.7. The van der Waals surface area contributed by atoms with Gasteiger partial charge in [0.25, 0.3) is 0 Å². The van der Waals surface area contributed by atoms with E-state index in [1.165, 1.54) is 19.3 Å². The molecule has 10 heteroatoms. The second-order valence-corrected chi connectivity index (χ2v) is 9.80. The molecule has 0 bridgehead atoms. The van der Waals surface area contributed by atoms with E-state index in [1.807, 2.05) is 6.92 Å². The molecule has 2 aromatic rings. The van der Waals surface area contributed by atoms with Crippen molar-refractivity contribution >= 4 is 5.97 Å². The summed E-state index contributed by atoms with van der Waals surface area (Å²) in [7, 11) is 0. The van der Waals surface area contributed by atoms with Crippen LogP contribution >= 0.6 is 0 Å². The van der Waals surface area contributed by atoms with Crippen LogP contribution in [-0.2, 0) is 30.1 Å². The van der Waals surface area contributed by atoms with Gasteiger partial charge in [-0.25, -0.2) is 0 Å². The molecule has 2 atom stereocenters. The highest BCUT2D eigenvalue weighted by Crippen LogP contribution is 2.38. The molecule has 1 saturated carbocycles. The van der Waals surface area contributed by atoms with E-state index >= 15 is 0 Å². The van der Waals surface area contributed by atoms with Gasteiger partial charge in [-0.05, 0) is 54.8 Å². The molecule has 1 saturated heterocycles. The first-order chi connectivity index (χ1) is 17.2. The number of alkyl halides is 6. The summed E-state index contributed by atoms with van der Waals surface area (Å²) in [6.45, 7) is 3.94. The van der Waals surface area contributed by atoms with E-state index in [-0.39, 0.29) is 18.6 Å². The summed E-state index contributed by atoms with van der Waals surface area (Å²) in [6.07, 6.45) is -4.91. The van der Waals surface area contributed by atoms with Crippen molar-refractivity contribution in [3.63, 3.8) is 0 Å². The van der Waals surface area contributed by atoms with Gasteiger partial charge in [0.2, 0.25) is 0 Å². The average Bonchev–Trinajstić information content (AvgIpc) is 3.64. The van der Waals surface area contributed by atoms with Crippen LogP contribution < -0.4 is 4.74 Å². The predicted octanol–water partition coefficient (Wildman–Crippen LogP) is 7.06. The van der Waals surface area contributed by atoms with E-state index in [0.29, 0.717) is 43.5 Å². The zero-order valence-electron chi connectivity index (χ0n) is 20.7. The molecule has 1 aliphatic carbocycles. The molecular weight excluding hydrogens is 500 g/mol. The molecule has 4 nitrogen and oxygen atoms in total. The minimum Gasteiger partial charge on any atom is -0.490 e.